The molecule has 4 rings (SSSR count). The van der Waals surface area contributed by atoms with E-state index in [1.165, 1.54) is 14.2 Å². The molecule has 0 saturated heterocycles. The minimum Gasteiger partial charge on any atom is -0.497 e. The number of methoxy groups -OCH3 is 2. The highest BCUT2D eigenvalue weighted by Crippen LogP contribution is 2.39. The minimum atomic E-state index is -0.579. The first-order chi connectivity index (χ1) is 15.4. The Hall–Kier alpha value is -4.06. The second-order valence-electron chi connectivity index (χ2n) is 7.41. The number of rotatable bonds is 5. The van der Waals surface area contributed by atoms with Crippen molar-refractivity contribution in [1.82, 2.24) is 0 Å². The second-order valence-corrected chi connectivity index (χ2v) is 7.41. The van der Waals surface area contributed by atoms with Crippen LogP contribution < -0.4 is 18.9 Å². The monoisotopic (exact) mass is 430 g/mol. The molecule has 6 nitrogen and oxygen atoms in total. The van der Waals surface area contributed by atoms with E-state index in [0.29, 0.717) is 34.1 Å². The van der Waals surface area contributed by atoms with Crippen LogP contribution in [-0.2, 0) is 0 Å². The Morgan fingerprint density at radius 2 is 1.66 bits per heavy atom. The lowest BCUT2D eigenvalue weighted by atomic mass is 10.1. The molecular weight excluding hydrogens is 408 g/mol. The summed E-state index contributed by atoms with van der Waals surface area (Å²) in [5.41, 5.74) is 3.23. The van der Waals surface area contributed by atoms with Gasteiger partial charge in [0.2, 0.25) is 5.78 Å². The lowest BCUT2D eigenvalue weighted by molar-refractivity contribution is 0.0732. The fraction of sp³-hybridized carbons (Fsp3) is 0.154. The minimum absolute atomic E-state index is 0.208. The maximum Gasteiger partial charge on any atom is 0.343 e. The summed E-state index contributed by atoms with van der Waals surface area (Å²) in [5.74, 6) is 1.09. The lowest BCUT2D eigenvalue weighted by Crippen LogP contribution is -2.10. The average molecular weight is 430 g/mol. The maximum absolute atomic E-state index is 12.8. The van der Waals surface area contributed by atoms with E-state index in [-0.39, 0.29) is 17.1 Å². The van der Waals surface area contributed by atoms with Crippen molar-refractivity contribution in [2.45, 2.75) is 13.8 Å². The van der Waals surface area contributed by atoms with Crippen LogP contribution in [0.3, 0.4) is 0 Å². The molecule has 0 radical (unpaired) electrons. The number of aryl methyl sites for hydroxylation is 1. The van der Waals surface area contributed by atoms with E-state index in [4.69, 9.17) is 18.9 Å². The van der Waals surface area contributed by atoms with Gasteiger partial charge in [0, 0.05) is 11.6 Å². The first kappa shape index (κ1) is 21.2. The Labute approximate surface area is 186 Å². The topological polar surface area (TPSA) is 71.1 Å². The summed E-state index contributed by atoms with van der Waals surface area (Å²) in [6.45, 7) is 3.73. The van der Waals surface area contributed by atoms with Gasteiger partial charge in [-0.05, 0) is 49.8 Å². The van der Waals surface area contributed by atoms with Gasteiger partial charge in [-0.3, -0.25) is 4.79 Å². The quantitative estimate of drug-likeness (QED) is 0.316. The molecule has 3 aromatic carbocycles. The summed E-state index contributed by atoms with van der Waals surface area (Å²) in [4.78, 5) is 25.6. The van der Waals surface area contributed by atoms with E-state index in [2.05, 4.69) is 0 Å². The first-order valence-electron chi connectivity index (χ1n) is 9.99. The molecule has 0 N–H and O–H groups in total. The Balaban J connectivity index is 1.61. The molecule has 0 aliphatic carbocycles. The van der Waals surface area contributed by atoms with Gasteiger partial charge in [0.05, 0.1) is 25.3 Å². The number of fused-ring (bicyclic) bond motifs is 1. The highest BCUT2D eigenvalue weighted by molar-refractivity contribution is 6.15. The van der Waals surface area contributed by atoms with Crippen molar-refractivity contribution < 1.29 is 28.5 Å². The van der Waals surface area contributed by atoms with Gasteiger partial charge < -0.3 is 18.9 Å². The van der Waals surface area contributed by atoms with Crippen LogP contribution in [0.4, 0.5) is 0 Å². The molecule has 0 atom stereocenters. The van der Waals surface area contributed by atoms with Crippen molar-refractivity contribution in [3.8, 4) is 23.0 Å². The number of carbonyl (C=O) groups is 2. The van der Waals surface area contributed by atoms with Crippen molar-refractivity contribution in [1.29, 1.82) is 0 Å². The summed E-state index contributed by atoms with van der Waals surface area (Å²) in [7, 11) is 3.01. The maximum atomic E-state index is 12.8. The van der Waals surface area contributed by atoms with Gasteiger partial charge in [-0.15, -0.1) is 0 Å². The smallest absolute Gasteiger partial charge is 0.343 e. The highest BCUT2D eigenvalue weighted by atomic mass is 16.5. The predicted molar refractivity (Wildman–Crippen MR) is 120 cm³/mol. The summed E-state index contributed by atoms with van der Waals surface area (Å²) in [6, 6.07) is 15.8. The fourth-order valence-corrected chi connectivity index (χ4v) is 3.47. The Bertz CT molecular complexity index is 1230. The number of hydrogen-bond donors (Lipinski definition) is 0. The van der Waals surface area contributed by atoms with Gasteiger partial charge in [-0.25, -0.2) is 4.79 Å². The van der Waals surface area contributed by atoms with Gasteiger partial charge in [0.15, 0.2) is 5.76 Å². The fourth-order valence-electron chi connectivity index (χ4n) is 3.47. The van der Waals surface area contributed by atoms with Gasteiger partial charge in [-0.1, -0.05) is 29.8 Å². The molecule has 0 fully saturated rings. The van der Waals surface area contributed by atoms with Crippen molar-refractivity contribution in [3.63, 3.8) is 0 Å². The molecule has 1 aliphatic heterocycles. The molecule has 0 spiro atoms. The van der Waals surface area contributed by atoms with E-state index in [0.717, 1.165) is 11.1 Å². The number of esters is 1. The summed E-state index contributed by atoms with van der Waals surface area (Å²) in [6.07, 6.45) is 1.71. The van der Waals surface area contributed by atoms with Crippen LogP contribution in [0, 0.1) is 13.8 Å². The molecule has 32 heavy (non-hydrogen) atoms. The van der Waals surface area contributed by atoms with Crippen LogP contribution in [0.2, 0.25) is 0 Å². The lowest BCUT2D eigenvalue weighted by Gasteiger charge is -2.11. The third-order valence-electron chi connectivity index (χ3n) is 5.17. The number of ketones is 1. The molecule has 0 bridgehead atoms. The molecule has 1 heterocycles. The first-order valence-corrected chi connectivity index (χ1v) is 9.99. The normalized spacial score (nSPS) is 13.5. The van der Waals surface area contributed by atoms with Crippen LogP contribution in [-0.4, -0.2) is 26.0 Å². The summed E-state index contributed by atoms with van der Waals surface area (Å²) in [5, 5.41) is 0. The molecule has 0 aromatic heterocycles. The Morgan fingerprint density at radius 3 is 2.31 bits per heavy atom. The van der Waals surface area contributed by atoms with E-state index in [9.17, 15) is 9.59 Å². The van der Waals surface area contributed by atoms with Crippen LogP contribution >= 0.6 is 0 Å². The molecular formula is C26H22O6. The average Bonchev–Trinajstić information content (AvgIpc) is 3.11. The van der Waals surface area contributed by atoms with Crippen LogP contribution in [0.1, 0.15) is 37.4 Å². The molecule has 0 amide bonds. The largest absolute Gasteiger partial charge is 0.497 e. The van der Waals surface area contributed by atoms with Gasteiger partial charge in [0.25, 0.3) is 0 Å². The molecule has 162 valence electrons. The van der Waals surface area contributed by atoms with Crippen molar-refractivity contribution in [2.75, 3.05) is 14.2 Å². The number of allylic oxidation sites excluding steroid dienone is 1. The van der Waals surface area contributed by atoms with Crippen LogP contribution in [0.5, 0.6) is 23.0 Å². The molecule has 0 unspecified atom stereocenters. The highest BCUT2D eigenvalue weighted by Gasteiger charge is 2.30. The Kier molecular flexibility index (Phi) is 5.69. The van der Waals surface area contributed by atoms with Gasteiger partial charge >= 0.3 is 5.97 Å². The van der Waals surface area contributed by atoms with Gasteiger partial charge in [0.1, 0.15) is 23.0 Å². The van der Waals surface area contributed by atoms with Crippen molar-refractivity contribution in [2.24, 2.45) is 0 Å². The number of ether oxygens (including phenoxy) is 4. The number of hydrogen-bond acceptors (Lipinski definition) is 6. The SMILES string of the molecule is COc1cc(OC)cc(C(=O)Oc2ccc3c(c2C)O/C(=C\c2cccc(C)c2)C3=O)c1. The molecule has 0 saturated carbocycles. The van der Waals surface area contributed by atoms with Crippen molar-refractivity contribution >= 4 is 17.8 Å². The molecule has 1 aliphatic rings. The van der Waals surface area contributed by atoms with Crippen LogP contribution in [0.15, 0.2) is 60.4 Å². The number of carbonyl (C=O) groups excluding carboxylic acids is 2. The molecule has 6 heteroatoms. The number of Topliss-reactive ketones (excluding diaryl/α,β-unsaturated/α-hetero) is 1. The van der Waals surface area contributed by atoms with E-state index < -0.39 is 5.97 Å². The van der Waals surface area contributed by atoms with Crippen molar-refractivity contribution in [3.05, 3.63) is 88.2 Å². The molecule has 3 aromatic rings. The zero-order valence-corrected chi connectivity index (χ0v) is 18.2. The predicted octanol–water partition coefficient (Wildman–Crippen LogP) is 5.16. The van der Waals surface area contributed by atoms with E-state index in [1.807, 2.05) is 31.2 Å². The zero-order valence-electron chi connectivity index (χ0n) is 18.2. The van der Waals surface area contributed by atoms with E-state index in [1.54, 1.807) is 43.3 Å². The van der Waals surface area contributed by atoms with E-state index >= 15 is 0 Å². The van der Waals surface area contributed by atoms with Crippen LogP contribution in [0.25, 0.3) is 6.08 Å². The summed E-state index contributed by atoms with van der Waals surface area (Å²) >= 11 is 0. The zero-order chi connectivity index (χ0) is 22.8. The third-order valence-corrected chi connectivity index (χ3v) is 5.17. The second kappa shape index (κ2) is 8.59. The third kappa shape index (κ3) is 4.07. The standard InChI is InChI=1S/C26H22O6/c1-15-6-5-7-17(10-15)11-23-24(27)21-8-9-22(16(2)25(21)31-23)32-26(28)18-12-19(29-3)14-20(13-18)30-4/h5-14H,1-4H3/b23-11-. The Morgan fingerprint density at radius 1 is 0.938 bits per heavy atom. The van der Waals surface area contributed by atoms with Gasteiger partial charge in [-0.2, -0.15) is 0 Å². The summed E-state index contributed by atoms with van der Waals surface area (Å²) < 4.78 is 21.9. The number of benzene rings is 3.